The second-order valence-corrected chi connectivity index (χ2v) is 54.6. The zero-order valence-corrected chi connectivity index (χ0v) is 41.7. The normalized spacial score (nSPS) is 8.30. The minimum absolute atomic E-state index is 0.167. The summed E-state index contributed by atoms with van der Waals surface area (Å²) in [5.41, 5.74) is 0. The van der Waals surface area contributed by atoms with Gasteiger partial charge in [0.1, 0.15) is 0 Å². The van der Waals surface area contributed by atoms with Gasteiger partial charge >= 0.3 is 104 Å². The number of rotatable bonds is 0. The minimum atomic E-state index is -0.167. The van der Waals surface area contributed by atoms with Crippen molar-refractivity contribution in [3.63, 3.8) is 0 Å². The topological polar surface area (TPSA) is 162 Å². The number of hydrogen-bond donors (Lipinski definition) is 8. The Balaban J connectivity index is -0.0000000312. The van der Waals surface area contributed by atoms with Crippen LogP contribution in [0.2, 0.25) is 0 Å². The Kier molecular flexibility index (Phi) is 131. The van der Waals surface area contributed by atoms with Gasteiger partial charge in [-0.15, -0.1) is 0 Å². The Bertz CT molecular complexity index is 347. The van der Waals surface area contributed by atoms with Crippen LogP contribution in [-0.2, 0) is 50.5 Å². The van der Waals surface area contributed by atoms with Crippen LogP contribution in [0.15, 0.2) is 0 Å². The molecule has 0 heterocycles. The first-order valence-corrected chi connectivity index (χ1v) is 41.9. The molecule has 40 heavy (non-hydrogen) atoms. The molecule has 0 amide bonds. The van der Waals surface area contributed by atoms with Crippen LogP contribution >= 0.6 is 53.2 Å². The van der Waals surface area contributed by atoms with E-state index in [0.29, 0.717) is 50.5 Å². The third kappa shape index (κ3) is 1790. The molecule has 0 aliphatic rings. The van der Waals surface area contributed by atoms with Crippen LogP contribution in [0.3, 0.4) is 0 Å². The van der Waals surface area contributed by atoms with Crippen molar-refractivity contribution in [2.45, 2.75) is 160 Å². The van der Waals surface area contributed by atoms with Gasteiger partial charge < -0.3 is 40.9 Å². The summed E-state index contributed by atoms with van der Waals surface area (Å²) in [6.45, 7) is 27.6. The van der Waals surface area contributed by atoms with E-state index in [0.717, 1.165) is 0 Å². The summed E-state index contributed by atoms with van der Waals surface area (Å²) in [5.74, 6) is 0. The third-order valence-corrected chi connectivity index (χ3v) is 45.0. The van der Waals surface area contributed by atoms with Crippen molar-refractivity contribution < 1.29 is 91.4 Å². The van der Waals surface area contributed by atoms with Crippen molar-refractivity contribution in [3.05, 3.63) is 0 Å². The van der Waals surface area contributed by atoms with E-state index in [9.17, 15) is 0 Å². The summed E-state index contributed by atoms with van der Waals surface area (Å²) >= 11 is 14.9. The Morgan fingerprint density at radius 2 is 0.275 bits per heavy atom. The van der Waals surface area contributed by atoms with Crippen LogP contribution in [0.25, 0.3) is 0 Å². The molecule has 16 heteroatoms. The fourth-order valence-electron chi connectivity index (χ4n) is 0. The maximum absolute atomic E-state index is 8.06. The molecule has 0 aliphatic carbocycles. The molecule has 0 spiro atoms. The molecule has 0 fully saturated rings. The van der Waals surface area contributed by atoms with E-state index in [-0.39, 0.29) is 48.8 Å². The van der Waals surface area contributed by atoms with E-state index >= 15 is 0 Å². The summed E-state index contributed by atoms with van der Waals surface area (Å²) in [6.07, 6.45) is -1.33. The summed E-state index contributed by atoms with van der Waals surface area (Å²) in [5, 5.41) is 64.4. The summed E-state index contributed by atoms with van der Waals surface area (Å²) in [4.78, 5) is 0. The molecule has 0 saturated carbocycles. The van der Waals surface area contributed by atoms with Gasteiger partial charge in [-0.1, -0.05) is 0 Å². The number of halogens is 4. The van der Waals surface area contributed by atoms with Crippen molar-refractivity contribution in [3.8, 4) is 0 Å². The van der Waals surface area contributed by atoms with Crippen molar-refractivity contribution in [1.82, 2.24) is 0 Å². The first-order chi connectivity index (χ1) is 17.7. The Morgan fingerprint density at radius 3 is 0.275 bits per heavy atom. The first kappa shape index (κ1) is 70.6. The standard InChI is InChI=1S/8C3H8O.4BrH.4Mo/c8*1-3(2)4;;;;;;;;/h8*3-4H,1-2H3;4*1H;;;;/q;;;;;;;;;;;;4*+1/p-4. The quantitative estimate of drug-likeness (QED) is 0.128. The van der Waals surface area contributed by atoms with Gasteiger partial charge in [0.05, 0.1) is 0 Å². The molecular weight excluding hydrogens is 1120 g/mol. The van der Waals surface area contributed by atoms with Gasteiger partial charge in [-0.2, -0.15) is 0 Å². The predicted molar refractivity (Wildman–Crippen MR) is 175 cm³/mol. The van der Waals surface area contributed by atoms with E-state index in [1.807, 2.05) is 0 Å². The fraction of sp³-hybridized carbons (Fsp3) is 1.00. The van der Waals surface area contributed by atoms with Gasteiger partial charge in [0, 0.05) is 48.8 Å². The fourth-order valence-corrected chi connectivity index (χ4v) is 0. The molecule has 0 rings (SSSR count). The average molecular weight is 1180 g/mol. The van der Waals surface area contributed by atoms with Crippen molar-refractivity contribution in [1.29, 1.82) is 0 Å². The average Bonchev–Trinajstić information content (AvgIpc) is 2.64. The van der Waals surface area contributed by atoms with Gasteiger partial charge in [0.25, 0.3) is 0 Å². The first-order valence-electron chi connectivity index (χ1n) is 12.3. The summed E-state index contributed by atoms with van der Waals surface area (Å²) < 4.78 is 0. The number of aliphatic hydroxyl groups excluding tert-OH is 8. The molecule has 0 unspecified atom stereocenters. The second-order valence-electron chi connectivity index (χ2n) is 9.00. The van der Waals surface area contributed by atoms with Gasteiger partial charge in [-0.25, -0.2) is 0 Å². The van der Waals surface area contributed by atoms with Gasteiger partial charge in [0.2, 0.25) is 0 Å². The van der Waals surface area contributed by atoms with Crippen LogP contribution in [0, 0.1) is 0 Å². The van der Waals surface area contributed by atoms with Gasteiger partial charge in [0.15, 0.2) is 0 Å². The van der Waals surface area contributed by atoms with Crippen LogP contribution in [-0.4, -0.2) is 89.7 Å². The molecule has 8 nitrogen and oxygen atoms in total. The molecule has 0 aromatic carbocycles. The van der Waals surface area contributed by atoms with E-state index in [2.05, 4.69) is 53.2 Å². The molecule has 0 saturated heterocycles. The van der Waals surface area contributed by atoms with Crippen LogP contribution in [0.1, 0.15) is 111 Å². The summed E-state index contributed by atoms with van der Waals surface area (Å²) in [7, 11) is 0. The molecule has 0 aliphatic heterocycles. The Morgan fingerprint density at radius 1 is 0.250 bits per heavy atom. The Labute approximate surface area is 300 Å². The van der Waals surface area contributed by atoms with E-state index in [1.54, 1.807) is 111 Å². The zero-order chi connectivity index (χ0) is 35.4. The molecule has 8 N–H and O–H groups in total. The molecule has 0 aromatic heterocycles. The van der Waals surface area contributed by atoms with E-state index in [4.69, 9.17) is 40.9 Å². The maximum atomic E-state index is 8.06. The second kappa shape index (κ2) is 74.3. The number of hydrogen-bond acceptors (Lipinski definition) is 8. The molecular formula is C24H64Br4Mo4O8. The van der Waals surface area contributed by atoms with Crippen molar-refractivity contribution in [2.75, 3.05) is 0 Å². The number of aliphatic hydroxyl groups is 8. The zero-order valence-electron chi connectivity index (χ0n) is 27.3. The third-order valence-electron chi connectivity index (χ3n) is 0.0476. The Hall–Kier alpha value is 4.35. The van der Waals surface area contributed by atoms with Crippen LogP contribution in [0.4, 0.5) is 0 Å². The van der Waals surface area contributed by atoms with E-state index in [1.165, 1.54) is 0 Å². The molecule has 0 bridgehead atoms. The van der Waals surface area contributed by atoms with Gasteiger partial charge in [-0.05, 0) is 111 Å². The van der Waals surface area contributed by atoms with E-state index < -0.39 is 0 Å². The molecule has 0 atom stereocenters. The van der Waals surface area contributed by atoms with Gasteiger partial charge in [-0.3, -0.25) is 0 Å². The van der Waals surface area contributed by atoms with Crippen LogP contribution in [0.5, 0.6) is 0 Å². The predicted octanol–water partition coefficient (Wildman–Crippen LogP) is 6.47. The van der Waals surface area contributed by atoms with Crippen molar-refractivity contribution >= 4 is 53.2 Å². The molecule has 260 valence electrons. The van der Waals surface area contributed by atoms with Crippen LogP contribution < -0.4 is 0 Å². The molecule has 0 radical (unpaired) electrons. The van der Waals surface area contributed by atoms with Crippen molar-refractivity contribution in [2.24, 2.45) is 0 Å². The molecule has 0 aromatic rings. The monoisotopic (exact) mass is 1190 g/mol. The summed E-state index contributed by atoms with van der Waals surface area (Å²) in [6, 6.07) is 0. The SMILES string of the molecule is CC(C)O.CC(C)O.CC(C)O.CC(C)O.CC(C)O.CC(C)O.CC(C)O.CC(C)O.[Br][Mo]#[Mo][Br].[Br][Mo]#[Mo][Br].